The van der Waals surface area contributed by atoms with Gasteiger partial charge in [0.15, 0.2) is 0 Å². The maximum atomic E-state index is 12.4. The van der Waals surface area contributed by atoms with Crippen LogP contribution in [0, 0.1) is 12.8 Å². The quantitative estimate of drug-likeness (QED) is 0.857. The summed E-state index contributed by atoms with van der Waals surface area (Å²) >= 11 is 0. The van der Waals surface area contributed by atoms with E-state index in [4.69, 9.17) is 0 Å². The van der Waals surface area contributed by atoms with E-state index in [2.05, 4.69) is 15.6 Å². The Morgan fingerprint density at radius 3 is 2.25 bits per heavy atom. The van der Waals surface area contributed by atoms with Crippen molar-refractivity contribution in [3.05, 3.63) is 65.5 Å². The minimum atomic E-state index is -0.583. The number of amides is 2. The smallest absolute Gasteiger partial charge is 0.251 e. The molecule has 0 unspecified atom stereocenters. The van der Waals surface area contributed by atoms with Gasteiger partial charge in [-0.2, -0.15) is 0 Å². The minimum absolute atomic E-state index is 0.0168. The third-order valence-electron chi connectivity index (χ3n) is 3.77. The second kappa shape index (κ2) is 8.24. The molecule has 126 valence electrons. The first kappa shape index (κ1) is 17.7. The lowest BCUT2D eigenvalue weighted by Gasteiger charge is -2.22. The van der Waals surface area contributed by atoms with Crippen molar-refractivity contribution in [2.24, 2.45) is 5.92 Å². The highest BCUT2D eigenvalue weighted by molar-refractivity contribution is 5.97. The fraction of sp³-hybridized carbons (Fsp3) is 0.316. The van der Waals surface area contributed by atoms with Crippen molar-refractivity contribution < 1.29 is 9.59 Å². The number of hydrogen-bond donors (Lipinski definition) is 2. The zero-order valence-corrected chi connectivity index (χ0v) is 14.2. The molecule has 24 heavy (non-hydrogen) atoms. The van der Waals surface area contributed by atoms with Gasteiger partial charge in [-0.1, -0.05) is 31.5 Å². The summed E-state index contributed by atoms with van der Waals surface area (Å²) in [5.41, 5.74) is 2.60. The molecule has 0 fully saturated rings. The molecular weight excluding hydrogens is 302 g/mol. The van der Waals surface area contributed by atoms with Crippen LogP contribution in [0.4, 0.5) is 0 Å². The van der Waals surface area contributed by atoms with E-state index in [1.54, 1.807) is 24.5 Å². The Hall–Kier alpha value is -2.69. The molecule has 0 spiro atoms. The number of nitrogens with one attached hydrogen (secondary N) is 2. The first-order valence-electron chi connectivity index (χ1n) is 8.01. The van der Waals surface area contributed by atoms with Crippen molar-refractivity contribution in [2.75, 3.05) is 0 Å². The third kappa shape index (κ3) is 4.91. The Kier molecular flexibility index (Phi) is 6.07. The summed E-state index contributed by atoms with van der Waals surface area (Å²) in [7, 11) is 0. The van der Waals surface area contributed by atoms with Crippen LogP contribution in [-0.2, 0) is 11.3 Å². The SMILES string of the molecule is Cc1ccc(C(=O)N[C@H](C(=O)NCc2ccncc2)C(C)C)cc1. The largest absolute Gasteiger partial charge is 0.350 e. The Balaban J connectivity index is 1.99. The second-order valence-corrected chi connectivity index (χ2v) is 6.13. The molecule has 1 atom stereocenters. The zero-order chi connectivity index (χ0) is 17.5. The number of aromatic nitrogens is 1. The number of carbonyl (C=O) groups excluding carboxylic acids is 2. The van der Waals surface area contributed by atoms with Crippen LogP contribution in [0.1, 0.15) is 35.3 Å². The molecular formula is C19H23N3O2. The van der Waals surface area contributed by atoms with E-state index >= 15 is 0 Å². The van der Waals surface area contributed by atoms with Crippen LogP contribution >= 0.6 is 0 Å². The molecule has 0 aliphatic carbocycles. The molecule has 5 heteroatoms. The Bertz CT molecular complexity index is 682. The summed E-state index contributed by atoms with van der Waals surface area (Å²) in [5.74, 6) is -0.452. The summed E-state index contributed by atoms with van der Waals surface area (Å²) in [6.45, 7) is 6.19. The Morgan fingerprint density at radius 2 is 1.67 bits per heavy atom. The van der Waals surface area contributed by atoms with Crippen molar-refractivity contribution in [1.82, 2.24) is 15.6 Å². The lowest BCUT2D eigenvalue weighted by Crippen LogP contribution is -2.49. The molecule has 0 saturated heterocycles. The molecule has 0 radical (unpaired) electrons. The van der Waals surface area contributed by atoms with Crippen molar-refractivity contribution in [3.63, 3.8) is 0 Å². The van der Waals surface area contributed by atoms with Crippen LogP contribution < -0.4 is 10.6 Å². The van der Waals surface area contributed by atoms with Gasteiger partial charge < -0.3 is 10.6 Å². The van der Waals surface area contributed by atoms with E-state index in [1.165, 1.54) is 0 Å². The average Bonchev–Trinajstić information content (AvgIpc) is 2.58. The van der Waals surface area contributed by atoms with E-state index in [1.807, 2.05) is 45.0 Å². The number of aryl methyl sites for hydroxylation is 1. The Labute approximate surface area is 142 Å². The molecule has 2 aromatic rings. The highest BCUT2D eigenvalue weighted by Gasteiger charge is 2.24. The fourth-order valence-corrected chi connectivity index (χ4v) is 2.26. The third-order valence-corrected chi connectivity index (χ3v) is 3.77. The lowest BCUT2D eigenvalue weighted by atomic mass is 10.0. The van der Waals surface area contributed by atoms with Crippen molar-refractivity contribution in [2.45, 2.75) is 33.4 Å². The van der Waals surface area contributed by atoms with Crippen LogP contribution in [0.25, 0.3) is 0 Å². The van der Waals surface area contributed by atoms with Crippen LogP contribution in [-0.4, -0.2) is 22.8 Å². The van der Waals surface area contributed by atoms with Gasteiger partial charge in [0.1, 0.15) is 6.04 Å². The van der Waals surface area contributed by atoms with Crippen molar-refractivity contribution >= 4 is 11.8 Å². The molecule has 1 aromatic heterocycles. The summed E-state index contributed by atoms with van der Waals surface area (Å²) in [6, 6.07) is 10.4. The molecule has 2 N–H and O–H groups in total. The standard InChI is InChI=1S/C19H23N3O2/c1-13(2)17(19(24)21-12-15-8-10-20-11-9-15)22-18(23)16-6-4-14(3)5-7-16/h4-11,13,17H,12H2,1-3H3,(H,21,24)(H,22,23)/t17-/m0/s1. The zero-order valence-electron chi connectivity index (χ0n) is 14.2. The molecule has 2 amide bonds. The number of carbonyl (C=O) groups is 2. The van der Waals surface area contributed by atoms with Gasteiger partial charge in [-0.05, 0) is 42.7 Å². The van der Waals surface area contributed by atoms with Gasteiger partial charge in [0.2, 0.25) is 5.91 Å². The second-order valence-electron chi connectivity index (χ2n) is 6.13. The van der Waals surface area contributed by atoms with Crippen LogP contribution in [0.15, 0.2) is 48.8 Å². The monoisotopic (exact) mass is 325 g/mol. The van der Waals surface area contributed by atoms with Gasteiger partial charge in [0.05, 0.1) is 0 Å². The van der Waals surface area contributed by atoms with Crippen molar-refractivity contribution in [3.8, 4) is 0 Å². The molecule has 0 saturated carbocycles. The number of hydrogen-bond acceptors (Lipinski definition) is 3. The molecule has 1 aromatic carbocycles. The normalized spacial score (nSPS) is 11.8. The summed E-state index contributed by atoms with van der Waals surface area (Å²) in [6.07, 6.45) is 3.36. The Morgan fingerprint density at radius 1 is 1.04 bits per heavy atom. The van der Waals surface area contributed by atoms with Gasteiger partial charge in [-0.15, -0.1) is 0 Å². The average molecular weight is 325 g/mol. The highest BCUT2D eigenvalue weighted by Crippen LogP contribution is 2.07. The number of rotatable bonds is 6. The van der Waals surface area contributed by atoms with Gasteiger partial charge in [-0.25, -0.2) is 0 Å². The molecule has 0 bridgehead atoms. The number of nitrogens with zero attached hydrogens (tertiary/aromatic N) is 1. The minimum Gasteiger partial charge on any atom is -0.350 e. The fourth-order valence-electron chi connectivity index (χ4n) is 2.26. The molecule has 2 rings (SSSR count). The van der Waals surface area contributed by atoms with Crippen LogP contribution in [0.3, 0.4) is 0 Å². The predicted octanol–water partition coefficient (Wildman–Crippen LogP) is 2.46. The maximum absolute atomic E-state index is 12.4. The number of benzene rings is 1. The molecule has 1 heterocycles. The topological polar surface area (TPSA) is 71.1 Å². The maximum Gasteiger partial charge on any atom is 0.251 e. The molecule has 5 nitrogen and oxygen atoms in total. The summed E-state index contributed by atoms with van der Waals surface area (Å²) < 4.78 is 0. The first-order chi connectivity index (χ1) is 11.5. The number of pyridine rings is 1. The highest BCUT2D eigenvalue weighted by atomic mass is 16.2. The van der Waals surface area contributed by atoms with Gasteiger partial charge in [0, 0.05) is 24.5 Å². The van der Waals surface area contributed by atoms with Crippen molar-refractivity contribution in [1.29, 1.82) is 0 Å². The predicted molar refractivity (Wildman–Crippen MR) is 93.4 cm³/mol. The molecule has 0 aliphatic heterocycles. The summed E-state index contributed by atoms with van der Waals surface area (Å²) in [4.78, 5) is 28.7. The van der Waals surface area contributed by atoms with E-state index in [9.17, 15) is 9.59 Å². The van der Waals surface area contributed by atoms with Gasteiger partial charge >= 0.3 is 0 Å². The first-order valence-corrected chi connectivity index (χ1v) is 8.01. The van der Waals surface area contributed by atoms with E-state index < -0.39 is 6.04 Å². The lowest BCUT2D eigenvalue weighted by molar-refractivity contribution is -0.124. The van der Waals surface area contributed by atoms with Gasteiger partial charge in [0.25, 0.3) is 5.91 Å². The molecule has 0 aliphatic rings. The van der Waals surface area contributed by atoms with E-state index in [0.717, 1.165) is 11.1 Å². The van der Waals surface area contributed by atoms with E-state index in [0.29, 0.717) is 12.1 Å². The summed E-state index contributed by atoms with van der Waals surface area (Å²) in [5, 5.41) is 5.69. The van der Waals surface area contributed by atoms with Crippen LogP contribution in [0.2, 0.25) is 0 Å². The van der Waals surface area contributed by atoms with Crippen LogP contribution in [0.5, 0.6) is 0 Å². The van der Waals surface area contributed by atoms with E-state index in [-0.39, 0.29) is 17.7 Å². The van der Waals surface area contributed by atoms with Gasteiger partial charge in [-0.3, -0.25) is 14.6 Å².